The van der Waals surface area contributed by atoms with Gasteiger partial charge < -0.3 is 14.6 Å². The number of rotatable bonds is 3. The number of H-pyrrole nitrogens is 1. The number of nitrogens with one attached hydrogen (secondary N) is 1. The van der Waals surface area contributed by atoms with Crippen LogP contribution < -0.4 is 0 Å². The molecule has 0 aliphatic carbocycles. The Hall–Kier alpha value is -3.62. The second kappa shape index (κ2) is 9.84. The number of aromatic amines is 1. The highest BCUT2D eigenvalue weighted by molar-refractivity contribution is 5.94. The van der Waals surface area contributed by atoms with E-state index >= 15 is 0 Å². The lowest BCUT2D eigenvalue weighted by molar-refractivity contribution is -0.0510. The van der Waals surface area contributed by atoms with Crippen LogP contribution in [0.5, 0.6) is 0 Å². The van der Waals surface area contributed by atoms with Gasteiger partial charge in [0, 0.05) is 60.9 Å². The largest absolute Gasteiger partial charge is 0.378 e. The van der Waals surface area contributed by atoms with Crippen LogP contribution >= 0.6 is 0 Å². The van der Waals surface area contributed by atoms with Gasteiger partial charge in [0.2, 0.25) is 0 Å². The number of morpholine rings is 1. The number of pyridine rings is 1. The molecule has 1 fully saturated rings. The van der Waals surface area contributed by atoms with Crippen molar-refractivity contribution in [3.63, 3.8) is 0 Å². The summed E-state index contributed by atoms with van der Waals surface area (Å²) >= 11 is 0. The Labute approximate surface area is 229 Å². The molecule has 6 rings (SSSR count). The van der Waals surface area contributed by atoms with E-state index in [4.69, 9.17) is 9.72 Å². The van der Waals surface area contributed by atoms with Crippen LogP contribution in [-0.2, 0) is 17.7 Å². The molecule has 0 saturated carbocycles. The van der Waals surface area contributed by atoms with E-state index < -0.39 is 0 Å². The first kappa shape index (κ1) is 25.6. The molecule has 0 unspecified atom stereocenters. The van der Waals surface area contributed by atoms with Crippen LogP contribution in [-0.4, -0.2) is 67.5 Å². The Kier molecular flexibility index (Phi) is 6.47. The van der Waals surface area contributed by atoms with Gasteiger partial charge in [-0.25, -0.2) is 15.0 Å². The molecule has 1 N–H and O–H groups in total. The maximum absolute atomic E-state index is 13.5. The number of ether oxygens (including phenoxy) is 1. The van der Waals surface area contributed by atoms with Crippen molar-refractivity contribution in [2.45, 2.75) is 59.2 Å². The standard InChI is InChI=1S/C31H36N6O2/c1-19-13-34-29-25(19)12-23(14-35-29)22-10-21-6-7-36(30(38)24-15-32-20(2)33-16-24)17-27(21)26(11-22)28-18-39-9-8-37(28)31(3,4)5/h10-16,28H,6-9,17-18H2,1-5H3,(H,34,35)/t28-/m0/s1. The van der Waals surface area contributed by atoms with E-state index in [1.165, 1.54) is 22.3 Å². The maximum Gasteiger partial charge on any atom is 0.257 e. The summed E-state index contributed by atoms with van der Waals surface area (Å²) in [5, 5.41) is 1.14. The highest BCUT2D eigenvalue weighted by atomic mass is 16.5. The molecule has 202 valence electrons. The molecule has 8 nitrogen and oxygen atoms in total. The number of fused-ring (bicyclic) bond motifs is 2. The third-order valence-corrected chi connectivity index (χ3v) is 8.11. The molecule has 3 aromatic heterocycles. The van der Waals surface area contributed by atoms with Crippen molar-refractivity contribution < 1.29 is 9.53 Å². The van der Waals surface area contributed by atoms with Crippen molar-refractivity contribution in [1.82, 2.24) is 29.7 Å². The molecule has 1 amide bonds. The summed E-state index contributed by atoms with van der Waals surface area (Å²) < 4.78 is 6.06. The molecule has 0 radical (unpaired) electrons. The number of carbonyl (C=O) groups is 1. The molecule has 0 spiro atoms. The molecular formula is C31H36N6O2. The van der Waals surface area contributed by atoms with Crippen molar-refractivity contribution in [3.8, 4) is 11.1 Å². The summed E-state index contributed by atoms with van der Waals surface area (Å²) in [5.74, 6) is 0.633. The summed E-state index contributed by atoms with van der Waals surface area (Å²) in [6.07, 6.45) is 8.01. The van der Waals surface area contributed by atoms with Gasteiger partial charge in [0.15, 0.2) is 0 Å². The molecule has 1 atom stereocenters. The molecule has 5 heterocycles. The molecule has 1 aromatic carbocycles. The number of carbonyl (C=O) groups excluding carboxylic acids is 1. The molecular weight excluding hydrogens is 488 g/mol. The number of nitrogens with zero attached hydrogens (tertiary/aromatic N) is 5. The van der Waals surface area contributed by atoms with Crippen LogP contribution in [0.15, 0.2) is 43.0 Å². The number of hydrogen-bond acceptors (Lipinski definition) is 6. The first-order valence-corrected chi connectivity index (χ1v) is 13.7. The average Bonchev–Trinajstić information content (AvgIpc) is 3.31. The van der Waals surface area contributed by atoms with E-state index in [2.05, 4.69) is 65.7 Å². The summed E-state index contributed by atoms with van der Waals surface area (Å²) in [4.78, 5) is 34.4. The lowest BCUT2D eigenvalue weighted by Gasteiger charge is -2.46. The fourth-order valence-electron chi connectivity index (χ4n) is 5.98. The number of amides is 1. The van der Waals surface area contributed by atoms with Crippen LogP contribution in [0, 0.1) is 13.8 Å². The van der Waals surface area contributed by atoms with E-state index in [1.54, 1.807) is 12.4 Å². The SMILES string of the molecule is Cc1ncc(C(=O)N2CCc3cc(-c4cnc5[nH]cc(C)c5c4)cc([C@@H]4COCCN4C(C)(C)C)c3C2)cn1. The number of hydrogen-bond donors (Lipinski definition) is 1. The number of aryl methyl sites for hydroxylation is 2. The van der Waals surface area contributed by atoms with Crippen LogP contribution in [0.2, 0.25) is 0 Å². The van der Waals surface area contributed by atoms with Gasteiger partial charge in [-0.05, 0) is 81.0 Å². The Balaban J connectivity index is 1.45. The molecule has 2 aliphatic heterocycles. The molecule has 1 saturated heterocycles. The fourth-order valence-corrected chi connectivity index (χ4v) is 5.98. The quantitative estimate of drug-likeness (QED) is 0.406. The third-order valence-electron chi connectivity index (χ3n) is 8.11. The van der Waals surface area contributed by atoms with Gasteiger partial charge in [-0.3, -0.25) is 9.69 Å². The molecule has 8 heteroatoms. The number of benzene rings is 1. The Morgan fingerprint density at radius 3 is 2.59 bits per heavy atom. The normalized spacial score (nSPS) is 18.4. The minimum Gasteiger partial charge on any atom is -0.378 e. The third kappa shape index (κ3) is 4.83. The average molecular weight is 525 g/mol. The van der Waals surface area contributed by atoms with Crippen LogP contribution in [0.4, 0.5) is 0 Å². The lowest BCUT2D eigenvalue weighted by atomic mass is 9.85. The van der Waals surface area contributed by atoms with Crippen molar-refractivity contribution in [2.24, 2.45) is 0 Å². The Morgan fingerprint density at radius 1 is 1.03 bits per heavy atom. The predicted molar refractivity (Wildman–Crippen MR) is 151 cm³/mol. The predicted octanol–water partition coefficient (Wildman–Crippen LogP) is 5.01. The zero-order valence-electron chi connectivity index (χ0n) is 23.4. The van der Waals surface area contributed by atoms with Gasteiger partial charge in [0.1, 0.15) is 11.5 Å². The molecule has 39 heavy (non-hydrogen) atoms. The second-order valence-corrected chi connectivity index (χ2v) is 11.7. The van der Waals surface area contributed by atoms with E-state index in [0.717, 1.165) is 41.7 Å². The zero-order chi connectivity index (χ0) is 27.3. The van der Waals surface area contributed by atoms with Crippen molar-refractivity contribution in [3.05, 3.63) is 76.6 Å². The van der Waals surface area contributed by atoms with Crippen LogP contribution in [0.25, 0.3) is 22.2 Å². The van der Waals surface area contributed by atoms with E-state index in [9.17, 15) is 4.79 Å². The highest BCUT2D eigenvalue weighted by Crippen LogP contribution is 2.39. The number of aromatic nitrogens is 4. The monoisotopic (exact) mass is 524 g/mol. The Bertz CT molecular complexity index is 1540. The molecule has 4 aromatic rings. The van der Waals surface area contributed by atoms with Gasteiger partial charge in [0.05, 0.1) is 24.8 Å². The molecule has 2 aliphatic rings. The van der Waals surface area contributed by atoms with Crippen LogP contribution in [0.3, 0.4) is 0 Å². The lowest BCUT2D eigenvalue weighted by Crippen LogP contribution is -2.50. The summed E-state index contributed by atoms with van der Waals surface area (Å²) in [6.45, 7) is 14.2. The van der Waals surface area contributed by atoms with Gasteiger partial charge >= 0.3 is 0 Å². The van der Waals surface area contributed by atoms with Gasteiger partial charge in [-0.15, -0.1) is 0 Å². The van der Waals surface area contributed by atoms with E-state index in [-0.39, 0.29) is 17.5 Å². The topological polar surface area (TPSA) is 87.2 Å². The smallest absolute Gasteiger partial charge is 0.257 e. The Morgan fingerprint density at radius 2 is 1.82 bits per heavy atom. The van der Waals surface area contributed by atoms with Crippen molar-refractivity contribution >= 4 is 16.9 Å². The van der Waals surface area contributed by atoms with Crippen molar-refractivity contribution in [2.75, 3.05) is 26.3 Å². The van der Waals surface area contributed by atoms with Gasteiger partial charge in [-0.1, -0.05) is 6.07 Å². The van der Waals surface area contributed by atoms with Crippen LogP contribution in [0.1, 0.15) is 65.2 Å². The van der Waals surface area contributed by atoms with Crippen molar-refractivity contribution in [1.29, 1.82) is 0 Å². The van der Waals surface area contributed by atoms with E-state index in [0.29, 0.717) is 31.1 Å². The summed E-state index contributed by atoms with van der Waals surface area (Å²) in [6, 6.07) is 6.93. The fraction of sp³-hybridized carbons (Fsp3) is 0.419. The van der Waals surface area contributed by atoms with Gasteiger partial charge in [-0.2, -0.15) is 0 Å². The second-order valence-electron chi connectivity index (χ2n) is 11.7. The summed E-state index contributed by atoms with van der Waals surface area (Å²) in [5.41, 5.74) is 8.60. The zero-order valence-corrected chi connectivity index (χ0v) is 23.4. The summed E-state index contributed by atoms with van der Waals surface area (Å²) in [7, 11) is 0. The van der Waals surface area contributed by atoms with E-state index in [1.807, 2.05) is 24.2 Å². The minimum absolute atomic E-state index is 0.0244. The highest BCUT2D eigenvalue weighted by Gasteiger charge is 2.36. The van der Waals surface area contributed by atoms with Gasteiger partial charge in [0.25, 0.3) is 5.91 Å². The maximum atomic E-state index is 13.5. The first-order chi connectivity index (χ1) is 18.7. The first-order valence-electron chi connectivity index (χ1n) is 13.7. The molecule has 0 bridgehead atoms. The minimum atomic E-state index is -0.0270.